The van der Waals surface area contributed by atoms with Crippen LogP contribution in [0, 0.1) is 5.82 Å². The maximum Gasteiger partial charge on any atom is 0.254 e. The Kier molecular flexibility index (Phi) is 7.01. The Balaban J connectivity index is 1.62. The van der Waals surface area contributed by atoms with E-state index in [1.807, 2.05) is 36.4 Å². The Morgan fingerprint density at radius 1 is 0.974 bits per heavy atom. The van der Waals surface area contributed by atoms with Crippen molar-refractivity contribution in [2.75, 3.05) is 19.5 Å². The summed E-state index contributed by atoms with van der Waals surface area (Å²) in [6.45, 7) is 1.81. The summed E-state index contributed by atoms with van der Waals surface area (Å²) in [6.07, 6.45) is 0.945. The van der Waals surface area contributed by atoms with Gasteiger partial charge >= 0.3 is 0 Å². The molecule has 6 nitrogen and oxygen atoms in total. The minimum Gasteiger partial charge on any atom is -0.497 e. The van der Waals surface area contributed by atoms with Crippen LogP contribution < -0.4 is 20.1 Å². The number of halogens is 1. The summed E-state index contributed by atoms with van der Waals surface area (Å²) in [6, 6.07) is 21.3. The lowest BCUT2D eigenvalue weighted by atomic mass is 9.71. The van der Waals surface area contributed by atoms with Crippen molar-refractivity contribution < 1.29 is 23.5 Å². The average Bonchev–Trinajstić information content (AvgIpc) is 2.93. The number of carbonyl (C=O) groups is 2. The largest absolute Gasteiger partial charge is 0.497 e. The third-order valence-corrected chi connectivity index (χ3v) is 7.22. The molecule has 0 spiro atoms. The van der Waals surface area contributed by atoms with E-state index in [0.717, 1.165) is 11.3 Å². The van der Waals surface area contributed by atoms with Crippen LogP contribution in [0.5, 0.6) is 11.5 Å². The van der Waals surface area contributed by atoms with Gasteiger partial charge in [0.15, 0.2) is 5.78 Å². The van der Waals surface area contributed by atoms with E-state index in [0.29, 0.717) is 46.7 Å². The van der Waals surface area contributed by atoms with E-state index in [9.17, 15) is 14.0 Å². The lowest BCUT2D eigenvalue weighted by Crippen LogP contribution is -2.37. The van der Waals surface area contributed by atoms with Gasteiger partial charge in [0.1, 0.15) is 17.3 Å². The molecule has 0 saturated carbocycles. The number of ether oxygens (including phenoxy) is 2. The molecule has 1 amide bonds. The second kappa shape index (κ2) is 10.5. The summed E-state index contributed by atoms with van der Waals surface area (Å²) in [4.78, 5) is 27.6. The smallest absolute Gasteiger partial charge is 0.254 e. The molecule has 38 heavy (non-hydrogen) atoms. The Morgan fingerprint density at radius 2 is 1.71 bits per heavy atom. The van der Waals surface area contributed by atoms with Gasteiger partial charge < -0.3 is 20.1 Å². The first-order valence-corrected chi connectivity index (χ1v) is 12.5. The number of dihydropyridines is 1. The fourth-order valence-electron chi connectivity index (χ4n) is 5.42. The quantitative estimate of drug-likeness (QED) is 0.434. The minimum atomic E-state index is -0.705. The van der Waals surface area contributed by atoms with Crippen molar-refractivity contribution >= 4 is 17.4 Å². The van der Waals surface area contributed by atoms with Crippen LogP contribution in [-0.2, 0) is 9.59 Å². The molecule has 0 radical (unpaired) electrons. The van der Waals surface area contributed by atoms with Gasteiger partial charge in [0.05, 0.1) is 25.8 Å². The number of carbonyl (C=O) groups excluding carboxylic acids is 2. The third-order valence-electron chi connectivity index (χ3n) is 7.22. The Bertz CT molecular complexity index is 1460. The van der Waals surface area contributed by atoms with E-state index in [1.165, 1.54) is 12.1 Å². The van der Waals surface area contributed by atoms with Crippen LogP contribution in [0.4, 0.5) is 10.1 Å². The van der Waals surface area contributed by atoms with Crippen molar-refractivity contribution in [2.24, 2.45) is 0 Å². The summed E-state index contributed by atoms with van der Waals surface area (Å²) < 4.78 is 25.5. The van der Waals surface area contributed by atoms with Gasteiger partial charge in [-0.15, -0.1) is 0 Å². The predicted molar refractivity (Wildman–Crippen MR) is 144 cm³/mol. The number of nitrogens with one attached hydrogen (secondary N) is 2. The second-order valence-electron chi connectivity index (χ2n) is 9.47. The molecule has 0 aromatic heterocycles. The summed E-state index contributed by atoms with van der Waals surface area (Å²) in [5.74, 6) is -0.679. The molecular weight excluding hydrogens is 483 g/mol. The highest BCUT2D eigenvalue weighted by atomic mass is 19.1. The Hall–Kier alpha value is -4.39. The molecule has 3 aromatic rings. The molecule has 0 bridgehead atoms. The third kappa shape index (κ3) is 4.67. The molecule has 7 heteroatoms. The summed E-state index contributed by atoms with van der Waals surface area (Å²) in [5, 5.41) is 6.06. The Morgan fingerprint density at radius 3 is 2.42 bits per heavy atom. The monoisotopic (exact) mass is 512 g/mol. The van der Waals surface area contributed by atoms with Crippen LogP contribution in [0.15, 0.2) is 95.3 Å². The first-order valence-electron chi connectivity index (χ1n) is 12.5. The number of hydrogen-bond donors (Lipinski definition) is 2. The number of rotatable bonds is 6. The zero-order valence-electron chi connectivity index (χ0n) is 21.5. The van der Waals surface area contributed by atoms with Crippen LogP contribution in [0.1, 0.15) is 42.7 Å². The number of methoxy groups -OCH3 is 2. The number of Topliss-reactive ketones (excluding diaryl/α,β-unsaturated/α-hetero) is 1. The van der Waals surface area contributed by atoms with E-state index in [-0.39, 0.29) is 17.4 Å². The fraction of sp³-hybridized carbons (Fsp3) is 0.226. The van der Waals surface area contributed by atoms with Crippen LogP contribution in [-0.4, -0.2) is 25.9 Å². The van der Waals surface area contributed by atoms with E-state index < -0.39 is 17.6 Å². The van der Waals surface area contributed by atoms with Crippen molar-refractivity contribution in [1.82, 2.24) is 5.32 Å². The van der Waals surface area contributed by atoms with Crippen molar-refractivity contribution in [3.05, 3.63) is 112 Å². The van der Waals surface area contributed by atoms with Crippen molar-refractivity contribution in [2.45, 2.75) is 31.6 Å². The van der Waals surface area contributed by atoms with Gasteiger partial charge in [0.2, 0.25) is 0 Å². The highest BCUT2D eigenvalue weighted by molar-refractivity contribution is 6.10. The molecule has 194 valence electrons. The van der Waals surface area contributed by atoms with E-state index in [2.05, 4.69) is 10.6 Å². The highest BCUT2D eigenvalue weighted by Gasteiger charge is 2.42. The maximum absolute atomic E-state index is 14.4. The van der Waals surface area contributed by atoms with Gasteiger partial charge in [-0.3, -0.25) is 9.59 Å². The second-order valence-corrected chi connectivity index (χ2v) is 9.47. The molecule has 3 aromatic carbocycles. The summed E-state index contributed by atoms with van der Waals surface area (Å²) in [5.41, 5.74) is 4.08. The van der Waals surface area contributed by atoms with Gasteiger partial charge in [-0.05, 0) is 43.0 Å². The van der Waals surface area contributed by atoms with Crippen molar-refractivity contribution in [3.63, 3.8) is 0 Å². The van der Waals surface area contributed by atoms with Gasteiger partial charge in [-0.1, -0.05) is 48.5 Å². The molecule has 2 atom stereocenters. The number of hydrogen-bond acceptors (Lipinski definition) is 5. The molecule has 1 aliphatic heterocycles. The molecule has 2 N–H and O–H groups in total. The molecule has 0 saturated heterocycles. The first-order chi connectivity index (χ1) is 18.4. The molecule has 1 aliphatic carbocycles. The number of ketones is 1. The van der Waals surface area contributed by atoms with Gasteiger partial charge in [-0.25, -0.2) is 4.39 Å². The van der Waals surface area contributed by atoms with E-state index >= 15 is 0 Å². The predicted octanol–water partition coefficient (Wildman–Crippen LogP) is 5.84. The number of allylic oxidation sites excluding steroid dienone is 3. The lowest BCUT2D eigenvalue weighted by molar-refractivity contribution is -0.116. The van der Waals surface area contributed by atoms with Crippen LogP contribution in [0.3, 0.4) is 0 Å². The number of benzene rings is 3. The van der Waals surface area contributed by atoms with E-state index in [4.69, 9.17) is 9.47 Å². The molecule has 2 aliphatic rings. The van der Waals surface area contributed by atoms with Crippen LogP contribution in [0.25, 0.3) is 0 Å². The number of para-hydroxylation sites is 1. The van der Waals surface area contributed by atoms with Gasteiger partial charge in [0, 0.05) is 40.6 Å². The SMILES string of the molecule is COc1ccc([C@@H]2C(C(=O)Nc3ccccc3F)=C(C)NC3=C2C(=O)C[C@H](c2ccccc2)C3)c(OC)c1. The zero-order valence-corrected chi connectivity index (χ0v) is 21.5. The summed E-state index contributed by atoms with van der Waals surface area (Å²) in [7, 11) is 3.10. The van der Waals surface area contributed by atoms with Crippen molar-refractivity contribution in [1.29, 1.82) is 0 Å². The topological polar surface area (TPSA) is 76.7 Å². The summed E-state index contributed by atoms with van der Waals surface area (Å²) >= 11 is 0. The molecule has 1 heterocycles. The molecule has 5 rings (SSSR count). The standard InChI is InChI=1S/C31H29FN2O4/c1-18-28(31(36)34-24-12-8-7-11-23(24)32)29(22-14-13-21(37-2)17-27(22)38-3)30-25(33-18)15-20(16-26(30)35)19-9-5-4-6-10-19/h4-14,17,20,29,33H,15-16H2,1-3H3,(H,34,36)/t20-,29-/m1/s1. The number of anilines is 1. The molecule has 0 unspecified atom stereocenters. The van der Waals surface area contributed by atoms with E-state index in [1.54, 1.807) is 45.4 Å². The molecular formula is C31H29FN2O4. The highest BCUT2D eigenvalue weighted by Crippen LogP contribution is 2.48. The number of amides is 1. The lowest BCUT2D eigenvalue weighted by Gasteiger charge is -2.37. The van der Waals surface area contributed by atoms with Crippen LogP contribution in [0.2, 0.25) is 0 Å². The average molecular weight is 513 g/mol. The van der Waals surface area contributed by atoms with Crippen molar-refractivity contribution in [3.8, 4) is 11.5 Å². The fourth-order valence-corrected chi connectivity index (χ4v) is 5.42. The normalized spacial score (nSPS) is 19.0. The van der Waals surface area contributed by atoms with Gasteiger partial charge in [-0.2, -0.15) is 0 Å². The molecule has 0 fully saturated rings. The zero-order chi connectivity index (χ0) is 26.8. The minimum absolute atomic E-state index is 0.0231. The van der Waals surface area contributed by atoms with Crippen LogP contribution >= 0.6 is 0 Å². The Labute approximate surface area is 221 Å². The first kappa shape index (κ1) is 25.3. The van der Waals surface area contributed by atoms with Gasteiger partial charge in [0.25, 0.3) is 5.91 Å². The maximum atomic E-state index is 14.4.